The van der Waals surface area contributed by atoms with Gasteiger partial charge in [0.05, 0.1) is 5.60 Å². The molecule has 1 fully saturated rings. The van der Waals surface area contributed by atoms with E-state index in [1.165, 1.54) is 0 Å². The minimum Gasteiger partial charge on any atom is -0.390 e. The largest absolute Gasteiger partial charge is 0.390 e. The molecule has 0 radical (unpaired) electrons. The molecule has 1 rings (SSSR count). The molecule has 2 heteroatoms. The van der Waals surface area contributed by atoms with Crippen LogP contribution in [0.3, 0.4) is 0 Å². The fraction of sp³-hybridized carbons (Fsp3) is 1.00. The summed E-state index contributed by atoms with van der Waals surface area (Å²) in [4.78, 5) is 0. The smallest absolute Gasteiger partial charge is 0.0639 e. The minimum absolute atomic E-state index is 0.175. The molecular weight excluding hydrogens is 138 g/mol. The van der Waals surface area contributed by atoms with Gasteiger partial charge in [0.15, 0.2) is 0 Å². The highest BCUT2D eigenvalue weighted by atomic mass is 16.3. The van der Waals surface area contributed by atoms with Crippen LogP contribution in [0.15, 0.2) is 0 Å². The molecule has 11 heavy (non-hydrogen) atoms. The molecule has 0 spiro atoms. The van der Waals surface area contributed by atoms with Gasteiger partial charge in [-0.15, -0.1) is 0 Å². The zero-order valence-corrected chi connectivity index (χ0v) is 7.72. The Morgan fingerprint density at radius 2 is 1.82 bits per heavy atom. The number of hydrogen-bond donors (Lipinski definition) is 2. The molecule has 1 aliphatic carbocycles. The van der Waals surface area contributed by atoms with E-state index < -0.39 is 5.60 Å². The van der Waals surface area contributed by atoms with Gasteiger partial charge in [-0.1, -0.05) is 13.8 Å². The van der Waals surface area contributed by atoms with Crippen LogP contribution in [0.1, 0.15) is 40.0 Å². The third-order valence-electron chi connectivity index (χ3n) is 2.38. The second-order valence-corrected chi connectivity index (χ2v) is 5.01. The fourth-order valence-corrected chi connectivity index (χ4v) is 2.52. The fourth-order valence-electron chi connectivity index (χ4n) is 2.52. The van der Waals surface area contributed by atoms with Crippen LogP contribution in [-0.4, -0.2) is 16.7 Å². The summed E-state index contributed by atoms with van der Waals surface area (Å²) >= 11 is 0. The van der Waals surface area contributed by atoms with Crippen LogP contribution in [0.5, 0.6) is 0 Å². The second-order valence-electron chi connectivity index (χ2n) is 5.01. The molecule has 66 valence electrons. The standard InChI is InChI=1S/C9H19NO/c1-8(2)4-7(10)5-9(3,11)6-8/h7,11H,4-6,10H2,1-3H3/t7?,9-/m1/s1. The Kier molecular flexibility index (Phi) is 2.01. The lowest BCUT2D eigenvalue weighted by Gasteiger charge is -2.42. The lowest BCUT2D eigenvalue weighted by atomic mass is 9.69. The van der Waals surface area contributed by atoms with Gasteiger partial charge in [-0.05, 0) is 31.6 Å². The van der Waals surface area contributed by atoms with Crippen LogP contribution in [0.4, 0.5) is 0 Å². The van der Waals surface area contributed by atoms with Crippen molar-refractivity contribution in [2.24, 2.45) is 11.1 Å². The second kappa shape index (κ2) is 2.46. The van der Waals surface area contributed by atoms with Crippen molar-refractivity contribution in [2.45, 2.75) is 51.7 Å². The van der Waals surface area contributed by atoms with E-state index in [2.05, 4.69) is 13.8 Å². The minimum atomic E-state index is -0.541. The van der Waals surface area contributed by atoms with E-state index in [9.17, 15) is 5.11 Å². The molecule has 0 aromatic carbocycles. The van der Waals surface area contributed by atoms with Gasteiger partial charge < -0.3 is 10.8 Å². The Morgan fingerprint density at radius 3 is 2.18 bits per heavy atom. The van der Waals surface area contributed by atoms with Crippen molar-refractivity contribution in [1.82, 2.24) is 0 Å². The molecule has 0 bridgehead atoms. The van der Waals surface area contributed by atoms with Gasteiger partial charge in [-0.2, -0.15) is 0 Å². The van der Waals surface area contributed by atoms with Gasteiger partial charge in [-0.25, -0.2) is 0 Å². The molecule has 0 saturated heterocycles. The van der Waals surface area contributed by atoms with Crippen LogP contribution in [0.2, 0.25) is 0 Å². The summed E-state index contributed by atoms with van der Waals surface area (Å²) in [5.41, 5.74) is 5.49. The van der Waals surface area contributed by atoms with Crippen molar-refractivity contribution >= 4 is 0 Å². The Balaban J connectivity index is 2.66. The molecule has 0 aromatic rings. The maximum atomic E-state index is 9.80. The molecule has 1 saturated carbocycles. The summed E-state index contributed by atoms with van der Waals surface area (Å²) in [7, 11) is 0. The van der Waals surface area contributed by atoms with Crippen molar-refractivity contribution in [1.29, 1.82) is 0 Å². The van der Waals surface area contributed by atoms with Crippen LogP contribution in [0, 0.1) is 5.41 Å². The molecule has 0 aliphatic heterocycles. The van der Waals surface area contributed by atoms with E-state index in [0.29, 0.717) is 0 Å². The van der Waals surface area contributed by atoms with E-state index in [1.807, 2.05) is 6.92 Å². The average Bonchev–Trinajstić information content (AvgIpc) is 1.49. The van der Waals surface area contributed by atoms with Gasteiger partial charge >= 0.3 is 0 Å². The first-order valence-electron chi connectivity index (χ1n) is 4.29. The van der Waals surface area contributed by atoms with Crippen LogP contribution >= 0.6 is 0 Å². The summed E-state index contributed by atoms with van der Waals surface area (Å²) in [6.07, 6.45) is 2.65. The van der Waals surface area contributed by atoms with Gasteiger partial charge in [0.2, 0.25) is 0 Å². The maximum Gasteiger partial charge on any atom is 0.0639 e. The van der Waals surface area contributed by atoms with Crippen molar-refractivity contribution < 1.29 is 5.11 Å². The first-order chi connectivity index (χ1) is 4.81. The molecule has 0 amide bonds. The molecule has 0 heterocycles. The molecule has 1 aliphatic rings. The summed E-state index contributed by atoms with van der Waals surface area (Å²) in [6, 6.07) is 0.175. The van der Waals surface area contributed by atoms with Crippen molar-refractivity contribution in [3.05, 3.63) is 0 Å². The van der Waals surface area contributed by atoms with Crippen molar-refractivity contribution in [2.75, 3.05) is 0 Å². The topological polar surface area (TPSA) is 46.2 Å². The third kappa shape index (κ3) is 2.46. The Hall–Kier alpha value is -0.0800. The Morgan fingerprint density at radius 1 is 1.27 bits per heavy atom. The Labute approximate surface area is 68.8 Å². The molecule has 2 atom stereocenters. The first kappa shape index (κ1) is 9.01. The van der Waals surface area contributed by atoms with Crippen LogP contribution < -0.4 is 5.73 Å². The van der Waals surface area contributed by atoms with Crippen molar-refractivity contribution in [3.63, 3.8) is 0 Å². The molecule has 3 N–H and O–H groups in total. The zero-order chi connectivity index (χ0) is 8.70. The number of aliphatic hydroxyl groups is 1. The SMILES string of the molecule is CC1(C)CC(N)C[C@@](C)(O)C1. The lowest BCUT2D eigenvalue weighted by Crippen LogP contribution is -2.45. The summed E-state index contributed by atoms with van der Waals surface area (Å²) in [6.45, 7) is 6.22. The number of rotatable bonds is 0. The molecule has 0 aromatic heterocycles. The summed E-state index contributed by atoms with van der Waals surface area (Å²) < 4.78 is 0. The van der Waals surface area contributed by atoms with E-state index >= 15 is 0 Å². The van der Waals surface area contributed by atoms with Gasteiger partial charge in [-0.3, -0.25) is 0 Å². The molecule has 2 nitrogen and oxygen atoms in total. The number of hydrogen-bond acceptors (Lipinski definition) is 2. The van der Waals surface area contributed by atoms with Crippen LogP contribution in [0.25, 0.3) is 0 Å². The van der Waals surface area contributed by atoms with Gasteiger partial charge in [0.25, 0.3) is 0 Å². The van der Waals surface area contributed by atoms with E-state index in [1.54, 1.807) is 0 Å². The monoisotopic (exact) mass is 157 g/mol. The normalized spacial score (nSPS) is 43.9. The zero-order valence-electron chi connectivity index (χ0n) is 7.72. The quantitative estimate of drug-likeness (QED) is 0.556. The van der Waals surface area contributed by atoms with Gasteiger partial charge in [0.1, 0.15) is 0 Å². The summed E-state index contributed by atoms with van der Waals surface area (Å²) in [5, 5.41) is 9.80. The van der Waals surface area contributed by atoms with Crippen molar-refractivity contribution in [3.8, 4) is 0 Å². The highest BCUT2D eigenvalue weighted by molar-refractivity contribution is 4.92. The predicted octanol–water partition coefficient (Wildman–Crippen LogP) is 1.27. The van der Waals surface area contributed by atoms with Crippen LogP contribution in [-0.2, 0) is 0 Å². The third-order valence-corrected chi connectivity index (χ3v) is 2.38. The van der Waals surface area contributed by atoms with Gasteiger partial charge in [0, 0.05) is 6.04 Å². The Bertz CT molecular complexity index is 136. The molecule has 1 unspecified atom stereocenters. The molecular formula is C9H19NO. The average molecular weight is 157 g/mol. The first-order valence-corrected chi connectivity index (χ1v) is 4.29. The maximum absolute atomic E-state index is 9.80. The highest BCUT2D eigenvalue weighted by Crippen LogP contribution is 2.39. The van der Waals surface area contributed by atoms with E-state index in [0.717, 1.165) is 19.3 Å². The van der Waals surface area contributed by atoms with E-state index in [-0.39, 0.29) is 11.5 Å². The summed E-state index contributed by atoms with van der Waals surface area (Å²) in [5.74, 6) is 0. The predicted molar refractivity (Wildman–Crippen MR) is 46.2 cm³/mol. The number of nitrogens with two attached hydrogens (primary N) is 1. The highest BCUT2D eigenvalue weighted by Gasteiger charge is 2.38. The van der Waals surface area contributed by atoms with E-state index in [4.69, 9.17) is 5.73 Å². The lowest BCUT2D eigenvalue weighted by molar-refractivity contribution is -0.0308.